The van der Waals surface area contributed by atoms with Gasteiger partial charge >= 0.3 is 5.97 Å². The number of anilines is 1. The molecule has 1 aromatic carbocycles. The number of ether oxygens (including phenoxy) is 1. The Morgan fingerprint density at radius 1 is 1.43 bits per heavy atom. The third-order valence-corrected chi connectivity index (χ3v) is 3.21. The van der Waals surface area contributed by atoms with E-state index in [1.54, 1.807) is 37.6 Å². The summed E-state index contributed by atoms with van der Waals surface area (Å²) in [5, 5.41) is 12.8. The highest BCUT2D eigenvalue weighted by atomic mass is 35.5. The van der Waals surface area contributed by atoms with Crippen molar-refractivity contribution in [2.24, 2.45) is 0 Å². The molecule has 0 saturated carbocycles. The van der Waals surface area contributed by atoms with Gasteiger partial charge in [0, 0.05) is 31.1 Å². The molecular formula is C15H15ClN2O3. The lowest BCUT2D eigenvalue weighted by atomic mass is 10.1. The zero-order chi connectivity index (χ0) is 15.2. The standard InChI is InChI=1S/C15H15ClN2O3/c1-21-8-7-17-13-9-10(4-5-11(13)15(19)20)14-12(16)3-2-6-18-14/h2-6,9,17H,7-8H2,1H3,(H,19,20). The van der Waals surface area contributed by atoms with Crippen molar-refractivity contribution in [3.63, 3.8) is 0 Å². The van der Waals surface area contributed by atoms with Crippen LogP contribution in [0, 0.1) is 0 Å². The maximum absolute atomic E-state index is 11.3. The molecule has 0 bridgehead atoms. The van der Waals surface area contributed by atoms with E-state index in [0.717, 1.165) is 5.56 Å². The highest BCUT2D eigenvalue weighted by Gasteiger charge is 2.13. The van der Waals surface area contributed by atoms with Gasteiger partial charge in [-0.15, -0.1) is 0 Å². The van der Waals surface area contributed by atoms with Crippen molar-refractivity contribution >= 4 is 23.3 Å². The second-order valence-corrected chi connectivity index (χ2v) is 4.73. The summed E-state index contributed by atoms with van der Waals surface area (Å²) < 4.78 is 4.95. The van der Waals surface area contributed by atoms with Gasteiger partial charge in [0.15, 0.2) is 0 Å². The Morgan fingerprint density at radius 3 is 2.90 bits per heavy atom. The molecule has 5 nitrogen and oxygen atoms in total. The number of carbonyl (C=O) groups is 1. The summed E-state index contributed by atoms with van der Waals surface area (Å²) in [6.45, 7) is 0.990. The van der Waals surface area contributed by atoms with Crippen LogP contribution in [0.25, 0.3) is 11.3 Å². The van der Waals surface area contributed by atoms with Gasteiger partial charge in [-0.1, -0.05) is 17.7 Å². The molecule has 2 N–H and O–H groups in total. The molecule has 0 spiro atoms. The zero-order valence-electron chi connectivity index (χ0n) is 11.5. The van der Waals surface area contributed by atoms with E-state index < -0.39 is 5.97 Å². The summed E-state index contributed by atoms with van der Waals surface area (Å²) in [7, 11) is 1.59. The molecule has 0 fully saturated rings. The summed E-state index contributed by atoms with van der Waals surface area (Å²) in [5.41, 5.74) is 2.08. The number of aromatic carboxylic acids is 1. The molecule has 0 atom stereocenters. The van der Waals surface area contributed by atoms with Crippen molar-refractivity contribution in [1.29, 1.82) is 0 Å². The molecule has 2 rings (SSSR count). The summed E-state index contributed by atoms with van der Waals surface area (Å²) >= 11 is 6.12. The lowest BCUT2D eigenvalue weighted by molar-refractivity contribution is 0.0698. The Bertz CT molecular complexity index is 647. The molecule has 0 amide bonds. The molecule has 6 heteroatoms. The molecule has 110 valence electrons. The van der Waals surface area contributed by atoms with Gasteiger partial charge in [-0.05, 0) is 24.3 Å². The number of nitrogens with zero attached hydrogens (tertiary/aromatic N) is 1. The van der Waals surface area contributed by atoms with Crippen LogP contribution in [0.5, 0.6) is 0 Å². The fourth-order valence-corrected chi connectivity index (χ4v) is 2.14. The number of benzene rings is 1. The first-order chi connectivity index (χ1) is 10.1. The summed E-state index contributed by atoms with van der Waals surface area (Å²) in [5.74, 6) is -0.992. The first kappa shape index (κ1) is 15.3. The molecule has 2 aromatic rings. The van der Waals surface area contributed by atoms with Gasteiger partial charge in [0.25, 0.3) is 0 Å². The molecule has 0 aliphatic rings. The topological polar surface area (TPSA) is 71.5 Å². The Kier molecular flexibility index (Phi) is 5.14. The molecule has 0 unspecified atom stereocenters. The second kappa shape index (κ2) is 7.06. The smallest absolute Gasteiger partial charge is 0.337 e. The predicted octanol–water partition coefficient (Wildman–Crippen LogP) is 3.16. The quantitative estimate of drug-likeness (QED) is 0.802. The highest BCUT2D eigenvalue weighted by Crippen LogP contribution is 2.29. The molecular weight excluding hydrogens is 292 g/mol. The van der Waals surface area contributed by atoms with Crippen LogP contribution >= 0.6 is 11.6 Å². The van der Waals surface area contributed by atoms with Crippen LogP contribution in [0.4, 0.5) is 5.69 Å². The Balaban J connectivity index is 2.39. The van der Waals surface area contributed by atoms with Gasteiger partial charge in [0.2, 0.25) is 0 Å². The van der Waals surface area contributed by atoms with Gasteiger partial charge in [-0.2, -0.15) is 0 Å². The van der Waals surface area contributed by atoms with E-state index in [9.17, 15) is 9.90 Å². The Morgan fingerprint density at radius 2 is 2.24 bits per heavy atom. The fourth-order valence-electron chi connectivity index (χ4n) is 1.91. The fraction of sp³-hybridized carbons (Fsp3) is 0.200. The minimum atomic E-state index is -0.992. The lowest BCUT2D eigenvalue weighted by Crippen LogP contribution is -2.11. The van der Waals surface area contributed by atoms with Gasteiger partial charge in [-0.25, -0.2) is 4.79 Å². The largest absolute Gasteiger partial charge is 0.478 e. The number of carboxylic acid groups (broad SMARTS) is 1. The molecule has 0 radical (unpaired) electrons. The summed E-state index contributed by atoms with van der Waals surface area (Å²) in [6, 6.07) is 8.45. The van der Waals surface area contributed by atoms with Gasteiger partial charge in [0.05, 0.1) is 22.9 Å². The first-order valence-electron chi connectivity index (χ1n) is 6.34. The SMILES string of the molecule is COCCNc1cc(-c2ncccc2Cl)ccc1C(=O)O. The number of aromatic nitrogens is 1. The van der Waals surface area contributed by atoms with Crippen molar-refractivity contribution in [2.75, 3.05) is 25.6 Å². The molecule has 21 heavy (non-hydrogen) atoms. The van der Waals surface area contributed by atoms with Crippen LogP contribution in [0.15, 0.2) is 36.5 Å². The first-order valence-corrected chi connectivity index (χ1v) is 6.72. The van der Waals surface area contributed by atoms with Gasteiger partial charge < -0.3 is 15.2 Å². The van der Waals surface area contributed by atoms with Crippen molar-refractivity contribution in [3.8, 4) is 11.3 Å². The van der Waals surface area contributed by atoms with Crippen molar-refractivity contribution < 1.29 is 14.6 Å². The lowest BCUT2D eigenvalue weighted by Gasteiger charge is -2.12. The van der Waals surface area contributed by atoms with Crippen LogP contribution in [0.1, 0.15) is 10.4 Å². The zero-order valence-corrected chi connectivity index (χ0v) is 12.2. The van der Waals surface area contributed by atoms with Gasteiger partial charge in [-0.3, -0.25) is 4.98 Å². The van der Waals surface area contributed by atoms with Crippen LogP contribution in [-0.4, -0.2) is 36.3 Å². The predicted molar refractivity (Wildman–Crippen MR) is 82.0 cm³/mol. The van der Waals surface area contributed by atoms with Crippen molar-refractivity contribution in [2.45, 2.75) is 0 Å². The van der Waals surface area contributed by atoms with E-state index in [1.165, 1.54) is 6.07 Å². The van der Waals surface area contributed by atoms with Crippen LogP contribution in [-0.2, 0) is 4.74 Å². The number of nitrogens with one attached hydrogen (secondary N) is 1. The van der Waals surface area contributed by atoms with Crippen LogP contribution in [0.2, 0.25) is 5.02 Å². The average molecular weight is 307 g/mol. The molecule has 1 aromatic heterocycles. The molecule has 0 aliphatic heterocycles. The number of rotatable bonds is 6. The van der Waals surface area contributed by atoms with E-state index in [4.69, 9.17) is 16.3 Å². The normalized spacial score (nSPS) is 10.4. The maximum atomic E-state index is 11.3. The number of pyridine rings is 1. The molecule has 0 aliphatic carbocycles. The van der Waals surface area contributed by atoms with E-state index >= 15 is 0 Å². The maximum Gasteiger partial charge on any atom is 0.337 e. The van der Waals surface area contributed by atoms with E-state index in [2.05, 4.69) is 10.3 Å². The number of halogens is 1. The van der Waals surface area contributed by atoms with Crippen molar-refractivity contribution in [1.82, 2.24) is 4.98 Å². The number of carboxylic acids is 1. The number of methoxy groups -OCH3 is 1. The number of hydrogen-bond acceptors (Lipinski definition) is 4. The molecule has 0 saturated heterocycles. The minimum Gasteiger partial charge on any atom is -0.478 e. The Labute approximate surface area is 127 Å². The van der Waals surface area contributed by atoms with E-state index in [1.807, 2.05) is 0 Å². The van der Waals surface area contributed by atoms with Crippen molar-refractivity contribution in [3.05, 3.63) is 47.1 Å². The monoisotopic (exact) mass is 306 g/mol. The third kappa shape index (κ3) is 3.71. The van der Waals surface area contributed by atoms with Gasteiger partial charge in [0.1, 0.15) is 0 Å². The summed E-state index contributed by atoms with van der Waals surface area (Å²) in [6.07, 6.45) is 1.64. The van der Waals surface area contributed by atoms with E-state index in [0.29, 0.717) is 29.6 Å². The highest BCUT2D eigenvalue weighted by molar-refractivity contribution is 6.33. The molecule has 1 heterocycles. The Hall–Kier alpha value is -2.11. The van der Waals surface area contributed by atoms with Crippen LogP contribution in [0.3, 0.4) is 0 Å². The third-order valence-electron chi connectivity index (χ3n) is 2.90. The summed E-state index contributed by atoms with van der Waals surface area (Å²) in [4.78, 5) is 15.5. The second-order valence-electron chi connectivity index (χ2n) is 4.32. The number of hydrogen-bond donors (Lipinski definition) is 2. The van der Waals surface area contributed by atoms with Crippen LogP contribution < -0.4 is 5.32 Å². The minimum absolute atomic E-state index is 0.196. The average Bonchev–Trinajstić information content (AvgIpc) is 2.47. The van der Waals surface area contributed by atoms with E-state index in [-0.39, 0.29) is 5.56 Å².